The largest absolute Gasteiger partial charge is 0.397 e. The molecule has 1 atom stereocenters. The van der Waals surface area contributed by atoms with Crippen molar-refractivity contribution >= 4 is 17.5 Å². The fraction of sp³-hybridized carbons (Fsp3) is 0.455. The van der Waals surface area contributed by atoms with E-state index in [1.807, 2.05) is 13.8 Å². The summed E-state index contributed by atoms with van der Waals surface area (Å²) in [6, 6.07) is 1.50. The summed E-state index contributed by atoms with van der Waals surface area (Å²) >= 11 is 0. The second kappa shape index (κ2) is 4.48. The van der Waals surface area contributed by atoms with Gasteiger partial charge in [0.2, 0.25) is 5.91 Å². The van der Waals surface area contributed by atoms with Gasteiger partial charge in [0.05, 0.1) is 0 Å². The van der Waals surface area contributed by atoms with Crippen LogP contribution in [0.1, 0.15) is 31.3 Å². The molecule has 6 heteroatoms. The van der Waals surface area contributed by atoms with E-state index < -0.39 is 17.4 Å². The van der Waals surface area contributed by atoms with E-state index in [0.717, 1.165) is 0 Å². The molecule has 0 bridgehead atoms. The summed E-state index contributed by atoms with van der Waals surface area (Å²) in [6.07, 6.45) is 1.51. The summed E-state index contributed by atoms with van der Waals surface area (Å²) in [6.45, 7) is 5.23. The number of nitrogen functional groups attached to an aromatic ring is 1. The highest BCUT2D eigenvalue weighted by Gasteiger charge is 2.36. The molecule has 1 aromatic heterocycles. The van der Waals surface area contributed by atoms with Gasteiger partial charge in [-0.1, -0.05) is 13.8 Å². The summed E-state index contributed by atoms with van der Waals surface area (Å²) in [7, 11) is 0. The van der Waals surface area contributed by atoms with Crippen molar-refractivity contribution in [3.8, 4) is 0 Å². The van der Waals surface area contributed by atoms with E-state index in [-0.39, 0.29) is 5.92 Å². The molecular weight excluding hydrogens is 220 g/mol. The van der Waals surface area contributed by atoms with Crippen LogP contribution < -0.4 is 16.8 Å². The van der Waals surface area contributed by atoms with E-state index in [9.17, 15) is 9.59 Å². The molecule has 0 aliphatic rings. The van der Waals surface area contributed by atoms with Crippen LogP contribution in [0, 0.1) is 5.92 Å². The highest BCUT2D eigenvalue weighted by Crippen LogP contribution is 2.17. The van der Waals surface area contributed by atoms with E-state index in [0.29, 0.717) is 11.4 Å². The summed E-state index contributed by atoms with van der Waals surface area (Å²) in [5.41, 5.74) is 10.5. The lowest BCUT2D eigenvalue weighted by molar-refractivity contribution is -0.125. The Labute approximate surface area is 99.7 Å². The number of aromatic nitrogens is 1. The van der Waals surface area contributed by atoms with E-state index in [2.05, 4.69) is 10.3 Å². The van der Waals surface area contributed by atoms with Crippen molar-refractivity contribution in [2.45, 2.75) is 26.3 Å². The van der Waals surface area contributed by atoms with Crippen LogP contribution in [-0.2, 0) is 4.79 Å². The molecule has 0 aromatic carbocycles. The number of primary amides is 1. The first-order valence-electron chi connectivity index (χ1n) is 5.33. The van der Waals surface area contributed by atoms with Gasteiger partial charge in [0.25, 0.3) is 5.91 Å². The van der Waals surface area contributed by atoms with Crippen LogP contribution in [0.15, 0.2) is 12.3 Å². The minimum atomic E-state index is -1.09. The van der Waals surface area contributed by atoms with Crippen LogP contribution in [0.4, 0.5) is 5.69 Å². The Balaban J connectivity index is 2.89. The number of rotatable bonds is 4. The first-order valence-corrected chi connectivity index (χ1v) is 5.33. The summed E-state index contributed by atoms with van der Waals surface area (Å²) in [5, 5.41) is 2.62. The Kier molecular flexibility index (Phi) is 3.45. The lowest BCUT2D eigenvalue weighted by Gasteiger charge is -2.31. The molecule has 0 aliphatic carbocycles. The smallest absolute Gasteiger partial charge is 0.268 e. The van der Waals surface area contributed by atoms with Gasteiger partial charge < -0.3 is 21.8 Å². The lowest BCUT2D eigenvalue weighted by Crippen LogP contribution is -2.58. The topological polar surface area (TPSA) is 114 Å². The van der Waals surface area contributed by atoms with Gasteiger partial charge in [0, 0.05) is 11.9 Å². The number of carbonyl (C=O) groups excluding carboxylic acids is 2. The van der Waals surface area contributed by atoms with Gasteiger partial charge >= 0.3 is 0 Å². The molecule has 1 heterocycles. The molecule has 94 valence electrons. The average molecular weight is 238 g/mol. The number of nitrogens with two attached hydrogens (primary N) is 2. The number of amides is 2. The standard InChI is InChI=1S/C11H18N4O2/c1-6(2)11(3,10(13)17)15-9(16)8-4-7(12)5-14-8/h4-6,14H,12H2,1-3H3,(H2,13,17)(H,15,16). The molecule has 1 aromatic rings. The van der Waals surface area contributed by atoms with Crippen molar-refractivity contribution in [1.82, 2.24) is 10.3 Å². The van der Waals surface area contributed by atoms with Crippen molar-refractivity contribution < 1.29 is 9.59 Å². The number of anilines is 1. The van der Waals surface area contributed by atoms with Crippen LogP contribution in [0.25, 0.3) is 0 Å². The molecule has 0 spiro atoms. The van der Waals surface area contributed by atoms with Crippen LogP contribution >= 0.6 is 0 Å². The zero-order valence-electron chi connectivity index (χ0n) is 10.2. The number of H-pyrrole nitrogens is 1. The first kappa shape index (κ1) is 13.1. The molecule has 6 N–H and O–H groups in total. The number of hydrogen-bond acceptors (Lipinski definition) is 3. The van der Waals surface area contributed by atoms with Crippen molar-refractivity contribution in [2.75, 3.05) is 5.73 Å². The molecule has 0 radical (unpaired) electrons. The molecule has 1 rings (SSSR count). The van der Waals surface area contributed by atoms with Crippen molar-refractivity contribution in [3.05, 3.63) is 18.0 Å². The number of hydrogen-bond donors (Lipinski definition) is 4. The fourth-order valence-corrected chi connectivity index (χ4v) is 1.34. The maximum Gasteiger partial charge on any atom is 0.268 e. The van der Waals surface area contributed by atoms with Crippen molar-refractivity contribution in [1.29, 1.82) is 0 Å². The van der Waals surface area contributed by atoms with Crippen LogP contribution in [0.3, 0.4) is 0 Å². The predicted molar refractivity (Wildman–Crippen MR) is 65.1 cm³/mol. The maximum absolute atomic E-state index is 11.9. The maximum atomic E-state index is 11.9. The average Bonchev–Trinajstić information content (AvgIpc) is 2.64. The third-order valence-electron chi connectivity index (χ3n) is 2.99. The van der Waals surface area contributed by atoms with Crippen LogP contribution in [-0.4, -0.2) is 22.3 Å². The summed E-state index contributed by atoms with van der Waals surface area (Å²) in [4.78, 5) is 26.0. The summed E-state index contributed by atoms with van der Waals surface area (Å²) < 4.78 is 0. The zero-order valence-corrected chi connectivity index (χ0v) is 10.2. The van der Waals surface area contributed by atoms with E-state index >= 15 is 0 Å². The van der Waals surface area contributed by atoms with Gasteiger partial charge in [0.1, 0.15) is 11.2 Å². The number of aromatic amines is 1. The van der Waals surface area contributed by atoms with Gasteiger partial charge in [-0.2, -0.15) is 0 Å². The minimum Gasteiger partial charge on any atom is -0.397 e. The van der Waals surface area contributed by atoms with E-state index in [1.165, 1.54) is 12.3 Å². The molecule has 0 saturated carbocycles. The Morgan fingerprint density at radius 2 is 2.06 bits per heavy atom. The lowest BCUT2D eigenvalue weighted by atomic mass is 9.87. The molecule has 0 saturated heterocycles. The van der Waals surface area contributed by atoms with E-state index in [1.54, 1.807) is 6.92 Å². The van der Waals surface area contributed by atoms with Crippen molar-refractivity contribution in [2.24, 2.45) is 11.7 Å². The van der Waals surface area contributed by atoms with E-state index in [4.69, 9.17) is 11.5 Å². The highest BCUT2D eigenvalue weighted by atomic mass is 16.2. The van der Waals surface area contributed by atoms with Crippen LogP contribution in [0.5, 0.6) is 0 Å². The second-order valence-electron chi connectivity index (χ2n) is 4.52. The summed E-state index contributed by atoms with van der Waals surface area (Å²) in [5.74, 6) is -1.09. The number of nitrogens with one attached hydrogen (secondary N) is 2. The zero-order chi connectivity index (χ0) is 13.2. The Morgan fingerprint density at radius 1 is 1.47 bits per heavy atom. The molecule has 6 nitrogen and oxygen atoms in total. The normalized spacial score (nSPS) is 14.4. The molecular formula is C11H18N4O2. The first-order chi connectivity index (χ1) is 7.77. The molecule has 2 amide bonds. The quantitative estimate of drug-likeness (QED) is 0.601. The van der Waals surface area contributed by atoms with Gasteiger partial charge in [-0.05, 0) is 18.9 Å². The molecule has 0 fully saturated rings. The Bertz CT molecular complexity index is 438. The van der Waals surface area contributed by atoms with Gasteiger partial charge in [-0.15, -0.1) is 0 Å². The molecule has 17 heavy (non-hydrogen) atoms. The van der Waals surface area contributed by atoms with Crippen molar-refractivity contribution in [3.63, 3.8) is 0 Å². The van der Waals surface area contributed by atoms with Gasteiger partial charge in [0.15, 0.2) is 0 Å². The minimum absolute atomic E-state index is 0.115. The highest BCUT2D eigenvalue weighted by molar-refractivity contribution is 5.98. The van der Waals surface area contributed by atoms with Gasteiger partial charge in [-0.25, -0.2) is 0 Å². The third-order valence-corrected chi connectivity index (χ3v) is 2.99. The third kappa shape index (κ3) is 2.58. The molecule has 1 unspecified atom stereocenters. The Morgan fingerprint density at radius 3 is 2.41 bits per heavy atom. The Hall–Kier alpha value is -1.98. The fourth-order valence-electron chi connectivity index (χ4n) is 1.34. The van der Waals surface area contributed by atoms with Gasteiger partial charge in [-0.3, -0.25) is 9.59 Å². The second-order valence-corrected chi connectivity index (χ2v) is 4.52. The molecule has 0 aliphatic heterocycles. The number of carbonyl (C=O) groups is 2. The monoisotopic (exact) mass is 238 g/mol. The van der Waals surface area contributed by atoms with Crippen LogP contribution in [0.2, 0.25) is 0 Å². The predicted octanol–water partition coefficient (Wildman–Crippen LogP) is 0.227. The SMILES string of the molecule is CC(C)C(C)(NC(=O)c1cc(N)c[nH]1)C(N)=O.